The second kappa shape index (κ2) is 7.70. The van der Waals surface area contributed by atoms with Crippen molar-refractivity contribution in [1.82, 2.24) is 0 Å². The topological polar surface area (TPSA) is 0 Å². The summed E-state index contributed by atoms with van der Waals surface area (Å²) in [5.74, 6) is 0. The minimum atomic E-state index is 1.28. The summed E-state index contributed by atoms with van der Waals surface area (Å²) in [5.41, 5.74) is 2.55. The molecule has 0 nitrogen and oxygen atoms in total. The third kappa shape index (κ3) is 4.31. The van der Waals surface area contributed by atoms with Gasteiger partial charge in [0.05, 0.1) is 0 Å². The van der Waals surface area contributed by atoms with Crippen molar-refractivity contribution in [1.29, 1.82) is 0 Å². The van der Waals surface area contributed by atoms with Crippen LogP contribution in [-0.4, -0.2) is 0 Å². The first-order valence-corrected chi connectivity index (χ1v) is 5.99. The maximum atomic E-state index is 2.18. The van der Waals surface area contributed by atoms with E-state index in [0.29, 0.717) is 0 Å². The molecule has 0 fully saturated rings. The van der Waals surface area contributed by atoms with Gasteiger partial charge in [0, 0.05) is 0 Å². The highest BCUT2D eigenvalue weighted by molar-refractivity contribution is 5.62. The molecule has 0 aliphatic carbocycles. The summed E-state index contributed by atoms with van der Waals surface area (Å²) in [7, 11) is 0. The molecule has 0 saturated heterocycles. The number of benzene rings is 2. The van der Waals surface area contributed by atoms with Crippen molar-refractivity contribution in [3.63, 3.8) is 0 Å². The summed E-state index contributed by atoms with van der Waals surface area (Å²) < 4.78 is 0. The number of rotatable bonds is 2. The molecule has 2 aromatic rings. The fourth-order valence-corrected chi connectivity index (χ4v) is 1.26. The first-order valence-electron chi connectivity index (χ1n) is 5.99. The smallest absolute Gasteiger partial charge is 0.0184 e. The summed E-state index contributed by atoms with van der Waals surface area (Å²) in [6, 6.07) is 20.8. The molecule has 0 aliphatic heterocycles. The predicted octanol–water partition coefficient (Wildman–Crippen LogP) is 5.16. The van der Waals surface area contributed by atoms with E-state index in [1.165, 1.54) is 24.0 Å². The predicted molar refractivity (Wildman–Crippen MR) is 72.5 cm³/mol. The minimum Gasteiger partial charge on any atom is -0.0654 e. The van der Waals surface area contributed by atoms with E-state index in [-0.39, 0.29) is 0 Å². The molecule has 0 radical (unpaired) electrons. The zero-order valence-corrected chi connectivity index (χ0v) is 10.2. The molecule has 0 N–H and O–H groups in total. The largest absolute Gasteiger partial charge is 0.0654 e. The van der Waals surface area contributed by atoms with Crippen molar-refractivity contribution in [3.8, 4) is 11.1 Å². The molecule has 0 heteroatoms. The Morgan fingerprint density at radius 1 is 0.562 bits per heavy atom. The standard InChI is InChI=1S/C12H10.C4H10/c1-3-7-11(8-4-1)12-9-5-2-6-10-12;1-3-4-2/h1-10H;3-4H2,1-2H3. The summed E-state index contributed by atoms with van der Waals surface area (Å²) in [6.07, 6.45) is 2.64. The highest BCUT2D eigenvalue weighted by Gasteiger charge is 1.91. The molecule has 84 valence electrons. The van der Waals surface area contributed by atoms with Crippen molar-refractivity contribution in [2.75, 3.05) is 0 Å². The Kier molecular flexibility index (Phi) is 6.02. The molecule has 2 rings (SSSR count). The number of hydrogen-bond acceptors (Lipinski definition) is 0. The van der Waals surface area contributed by atoms with Gasteiger partial charge in [-0.3, -0.25) is 0 Å². The maximum Gasteiger partial charge on any atom is -0.0184 e. The van der Waals surface area contributed by atoms with Crippen LogP contribution in [0, 0.1) is 0 Å². The van der Waals surface area contributed by atoms with Gasteiger partial charge in [-0.05, 0) is 11.1 Å². The van der Waals surface area contributed by atoms with Crippen LogP contribution in [0.3, 0.4) is 0 Å². The molecule has 0 aliphatic rings. The first kappa shape index (κ1) is 12.5. The van der Waals surface area contributed by atoms with Gasteiger partial charge in [0.25, 0.3) is 0 Å². The van der Waals surface area contributed by atoms with Crippen LogP contribution in [0.2, 0.25) is 0 Å². The molecule has 0 saturated carbocycles. The van der Waals surface area contributed by atoms with Crippen molar-refractivity contribution >= 4 is 0 Å². The van der Waals surface area contributed by atoms with Gasteiger partial charge in [0.2, 0.25) is 0 Å². The zero-order chi connectivity index (χ0) is 11.6. The van der Waals surface area contributed by atoms with Crippen molar-refractivity contribution in [3.05, 3.63) is 60.7 Å². The molecule has 2 aromatic carbocycles. The van der Waals surface area contributed by atoms with E-state index in [9.17, 15) is 0 Å². The van der Waals surface area contributed by atoms with Crippen molar-refractivity contribution in [2.24, 2.45) is 0 Å². The van der Waals surface area contributed by atoms with Crippen molar-refractivity contribution < 1.29 is 0 Å². The number of unbranched alkanes of at least 4 members (excludes halogenated alkanes) is 1. The van der Waals surface area contributed by atoms with Gasteiger partial charge in [0.1, 0.15) is 0 Å². The normalized spacial score (nSPS) is 9.12. The lowest BCUT2D eigenvalue weighted by Gasteiger charge is -1.98. The Morgan fingerprint density at radius 2 is 0.875 bits per heavy atom. The summed E-state index contributed by atoms with van der Waals surface area (Å²) in [6.45, 7) is 4.36. The van der Waals surface area contributed by atoms with Crippen LogP contribution < -0.4 is 0 Å². The van der Waals surface area contributed by atoms with E-state index < -0.39 is 0 Å². The number of hydrogen-bond donors (Lipinski definition) is 0. The molecule has 0 unspecified atom stereocenters. The van der Waals surface area contributed by atoms with Crippen LogP contribution in [0.4, 0.5) is 0 Å². The van der Waals surface area contributed by atoms with Gasteiger partial charge in [-0.2, -0.15) is 0 Å². The van der Waals surface area contributed by atoms with Crippen LogP contribution in [0.5, 0.6) is 0 Å². The Labute approximate surface area is 99.0 Å². The first-order chi connectivity index (χ1) is 7.88. The summed E-state index contributed by atoms with van der Waals surface area (Å²) >= 11 is 0. The second-order valence-corrected chi connectivity index (χ2v) is 3.73. The van der Waals surface area contributed by atoms with Gasteiger partial charge in [-0.1, -0.05) is 87.4 Å². The van der Waals surface area contributed by atoms with E-state index in [1.807, 2.05) is 12.1 Å². The van der Waals surface area contributed by atoms with Crippen molar-refractivity contribution in [2.45, 2.75) is 26.7 Å². The second-order valence-electron chi connectivity index (χ2n) is 3.73. The quantitative estimate of drug-likeness (QED) is 0.645. The van der Waals surface area contributed by atoms with Gasteiger partial charge >= 0.3 is 0 Å². The summed E-state index contributed by atoms with van der Waals surface area (Å²) in [4.78, 5) is 0. The fraction of sp³-hybridized carbons (Fsp3) is 0.250. The molecule has 0 bridgehead atoms. The van der Waals surface area contributed by atoms with E-state index in [4.69, 9.17) is 0 Å². The Morgan fingerprint density at radius 3 is 1.12 bits per heavy atom. The van der Waals surface area contributed by atoms with Crippen LogP contribution >= 0.6 is 0 Å². The van der Waals surface area contributed by atoms with E-state index in [2.05, 4.69) is 62.4 Å². The van der Waals surface area contributed by atoms with E-state index in [0.717, 1.165) is 0 Å². The van der Waals surface area contributed by atoms with Crippen LogP contribution in [0.15, 0.2) is 60.7 Å². The molecule has 0 atom stereocenters. The lowest BCUT2D eigenvalue weighted by Crippen LogP contribution is -1.73. The Bertz CT molecular complexity index is 322. The lowest BCUT2D eigenvalue weighted by atomic mass is 10.1. The third-order valence-electron chi connectivity index (χ3n) is 2.38. The maximum absolute atomic E-state index is 2.18. The highest BCUT2D eigenvalue weighted by Crippen LogP contribution is 2.17. The molecule has 0 heterocycles. The van der Waals surface area contributed by atoms with Gasteiger partial charge in [-0.25, -0.2) is 0 Å². The molecule has 16 heavy (non-hydrogen) atoms. The Hall–Kier alpha value is -1.56. The fourth-order valence-electron chi connectivity index (χ4n) is 1.26. The van der Waals surface area contributed by atoms with Crippen LogP contribution in [0.25, 0.3) is 11.1 Å². The average Bonchev–Trinajstić information content (AvgIpc) is 2.41. The highest BCUT2D eigenvalue weighted by atomic mass is 14.0. The summed E-state index contributed by atoms with van der Waals surface area (Å²) in [5, 5.41) is 0. The average molecular weight is 212 g/mol. The SMILES string of the molecule is CCCC.c1ccc(-c2ccccc2)cc1. The van der Waals surface area contributed by atoms with E-state index >= 15 is 0 Å². The third-order valence-corrected chi connectivity index (χ3v) is 2.38. The molecule has 0 amide bonds. The molecule has 0 aromatic heterocycles. The Balaban J connectivity index is 0.000000280. The molecular formula is C16H20. The van der Waals surface area contributed by atoms with Crippen LogP contribution in [-0.2, 0) is 0 Å². The van der Waals surface area contributed by atoms with Gasteiger partial charge < -0.3 is 0 Å². The monoisotopic (exact) mass is 212 g/mol. The minimum absolute atomic E-state index is 1.28. The van der Waals surface area contributed by atoms with E-state index in [1.54, 1.807) is 0 Å². The molecular weight excluding hydrogens is 192 g/mol. The van der Waals surface area contributed by atoms with Gasteiger partial charge in [0.15, 0.2) is 0 Å². The molecule has 0 spiro atoms. The lowest BCUT2D eigenvalue weighted by molar-refractivity contribution is 0.886. The van der Waals surface area contributed by atoms with Crippen LogP contribution in [0.1, 0.15) is 26.7 Å². The van der Waals surface area contributed by atoms with Gasteiger partial charge in [-0.15, -0.1) is 0 Å². The zero-order valence-electron chi connectivity index (χ0n) is 10.2.